The van der Waals surface area contributed by atoms with Gasteiger partial charge in [-0.15, -0.1) is 0 Å². The van der Waals surface area contributed by atoms with Crippen LogP contribution < -0.4 is 10.8 Å². The molecule has 4 rings (SSSR count). The van der Waals surface area contributed by atoms with Crippen LogP contribution >= 0.6 is 23.2 Å². The van der Waals surface area contributed by atoms with E-state index >= 15 is 0 Å². The van der Waals surface area contributed by atoms with Gasteiger partial charge in [-0.25, -0.2) is 13.6 Å². The molecule has 0 radical (unpaired) electrons. The molecule has 15 heteroatoms. The predicted molar refractivity (Wildman–Crippen MR) is 137 cm³/mol. The number of nitrogens with one attached hydrogen (secondary N) is 2. The Kier molecular flexibility index (Phi) is 7.83. The van der Waals surface area contributed by atoms with Gasteiger partial charge in [-0.1, -0.05) is 28.4 Å². The molecule has 41 heavy (non-hydrogen) atoms. The molecule has 1 saturated heterocycles. The van der Waals surface area contributed by atoms with Gasteiger partial charge in [0, 0.05) is 39.2 Å². The maximum absolute atomic E-state index is 14.5. The van der Waals surface area contributed by atoms with Crippen molar-refractivity contribution in [3.8, 4) is 0 Å². The Morgan fingerprint density at radius 2 is 1.61 bits per heavy atom. The Morgan fingerprint density at radius 1 is 1.02 bits per heavy atom. The van der Waals surface area contributed by atoms with Crippen molar-refractivity contribution < 1.29 is 46.0 Å². The van der Waals surface area contributed by atoms with E-state index in [4.69, 9.17) is 32.8 Å². The number of rotatable bonds is 5. The van der Waals surface area contributed by atoms with Gasteiger partial charge in [0.2, 0.25) is 5.72 Å². The molecule has 0 aliphatic carbocycles. The molecular weight excluding hydrogens is 600 g/mol. The highest BCUT2D eigenvalue weighted by atomic mass is 35.5. The summed E-state index contributed by atoms with van der Waals surface area (Å²) in [5.41, 5.74) is -6.99. The Hall–Kier alpha value is -3.00. The van der Waals surface area contributed by atoms with Crippen LogP contribution in [0.4, 0.5) is 22.0 Å². The van der Waals surface area contributed by atoms with Crippen LogP contribution in [-0.2, 0) is 29.7 Å². The second-order valence-corrected chi connectivity index (χ2v) is 11.9. The van der Waals surface area contributed by atoms with E-state index in [1.54, 1.807) is 20.8 Å². The average molecular weight is 624 g/mol. The van der Waals surface area contributed by atoms with E-state index in [1.165, 1.54) is 25.1 Å². The van der Waals surface area contributed by atoms with E-state index in [1.807, 2.05) is 0 Å². The van der Waals surface area contributed by atoms with Crippen molar-refractivity contribution in [3.05, 3.63) is 69.2 Å². The minimum absolute atomic E-state index is 0.0406. The summed E-state index contributed by atoms with van der Waals surface area (Å²) in [6.45, 7) is 6.45. The van der Waals surface area contributed by atoms with E-state index in [0.717, 1.165) is 12.1 Å². The lowest BCUT2D eigenvalue weighted by atomic mass is 9.88. The molecule has 8 nitrogen and oxygen atoms in total. The molecular formula is C26H24Cl2F5N3O5. The number of halogens is 7. The zero-order valence-corrected chi connectivity index (χ0v) is 23.5. The van der Waals surface area contributed by atoms with E-state index in [-0.39, 0.29) is 21.2 Å². The first kappa shape index (κ1) is 30.9. The summed E-state index contributed by atoms with van der Waals surface area (Å²) >= 11 is 12.3. The second-order valence-electron chi connectivity index (χ2n) is 11.0. The lowest BCUT2D eigenvalue weighted by molar-refractivity contribution is -0.278. The third kappa shape index (κ3) is 6.13. The Morgan fingerprint density at radius 3 is 2.15 bits per heavy atom. The topological polar surface area (TPSA) is 98.2 Å². The largest absolute Gasteiger partial charge is 0.442 e. The van der Waals surface area contributed by atoms with Crippen molar-refractivity contribution in [2.75, 3.05) is 0 Å². The summed E-state index contributed by atoms with van der Waals surface area (Å²) in [5, 5.41) is 6.12. The van der Waals surface area contributed by atoms with Crippen LogP contribution in [-0.4, -0.2) is 40.5 Å². The molecule has 0 saturated carbocycles. The lowest BCUT2D eigenvalue weighted by Gasteiger charge is -2.34. The van der Waals surface area contributed by atoms with Crippen LogP contribution in [0.3, 0.4) is 0 Å². The number of nitrogens with zero attached hydrogens (tertiary/aromatic N) is 1. The Labute approximate surface area is 241 Å². The first-order valence-corrected chi connectivity index (χ1v) is 12.8. The molecule has 2 N–H and O–H groups in total. The van der Waals surface area contributed by atoms with Gasteiger partial charge in [0.05, 0.1) is 12.1 Å². The smallest absolute Gasteiger partial charge is 0.434 e. The number of esters is 1. The van der Waals surface area contributed by atoms with Gasteiger partial charge < -0.3 is 14.9 Å². The second kappa shape index (κ2) is 10.4. The standard InChI is InChI=1S/C26H24Cl2F5N3O5/c1-22(2,3)34-20(37)23(4)12-25(36-40-23,14-7-15(27)9-16(28)8-14)39-21(38)24(26(31,32)33)11-19(35-41-24)13-5-17(29)10-18(30)6-13/h5-10,36H,11-12H2,1-4H3,(H,34,37). The molecule has 3 unspecified atom stereocenters. The van der Waals surface area contributed by atoms with Crippen molar-refractivity contribution in [3.63, 3.8) is 0 Å². The van der Waals surface area contributed by atoms with Crippen molar-refractivity contribution in [2.24, 2.45) is 5.16 Å². The number of carbonyl (C=O) groups excluding carboxylic acids is 2. The molecule has 0 bridgehead atoms. The van der Waals surface area contributed by atoms with E-state index in [0.29, 0.717) is 6.07 Å². The van der Waals surface area contributed by atoms with Gasteiger partial charge >= 0.3 is 17.7 Å². The molecule has 1 amide bonds. The molecule has 3 atom stereocenters. The molecule has 2 aliphatic heterocycles. The third-order valence-corrected chi connectivity index (χ3v) is 6.74. The first-order valence-electron chi connectivity index (χ1n) is 12.0. The number of benzene rings is 2. The molecule has 2 heterocycles. The van der Waals surface area contributed by atoms with Crippen molar-refractivity contribution in [1.82, 2.24) is 10.8 Å². The molecule has 2 aromatic carbocycles. The van der Waals surface area contributed by atoms with Gasteiger partial charge in [-0.3, -0.25) is 9.63 Å². The molecule has 2 aromatic rings. The number of hydrogen-bond acceptors (Lipinski definition) is 7. The number of carbonyl (C=O) groups is 2. The van der Waals surface area contributed by atoms with Gasteiger partial charge in [-0.2, -0.15) is 18.7 Å². The molecule has 222 valence electrons. The normalized spacial score (nSPS) is 26.4. The van der Waals surface area contributed by atoms with Crippen molar-refractivity contribution >= 4 is 40.8 Å². The summed E-state index contributed by atoms with van der Waals surface area (Å²) in [4.78, 5) is 36.8. The van der Waals surface area contributed by atoms with E-state index in [2.05, 4.69) is 20.8 Å². The molecule has 1 fully saturated rings. The van der Waals surface area contributed by atoms with Crippen LogP contribution in [0.15, 0.2) is 41.6 Å². The molecule has 0 spiro atoms. The fourth-order valence-electron chi connectivity index (χ4n) is 4.33. The Balaban J connectivity index is 1.73. The van der Waals surface area contributed by atoms with Gasteiger partial charge in [0.1, 0.15) is 11.6 Å². The summed E-state index contributed by atoms with van der Waals surface area (Å²) < 4.78 is 76.5. The zero-order valence-electron chi connectivity index (χ0n) is 22.0. The lowest BCUT2D eigenvalue weighted by Crippen LogP contribution is -2.56. The first-order chi connectivity index (χ1) is 18.8. The molecule has 0 aromatic heterocycles. The summed E-state index contributed by atoms with van der Waals surface area (Å²) in [6, 6.07) is 5.85. The number of oxime groups is 1. The minimum Gasteiger partial charge on any atom is -0.434 e. The highest BCUT2D eigenvalue weighted by Gasteiger charge is 2.70. The predicted octanol–water partition coefficient (Wildman–Crippen LogP) is 5.69. The third-order valence-electron chi connectivity index (χ3n) is 6.30. The van der Waals surface area contributed by atoms with Gasteiger partial charge in [0.25, 0.3) is 5.91 Å². The number of hydroxylamine groups is 1. The summed E-state index contributed by atoms with van der Waals surface area (Å²) in [7, 11) is 0. The fourth-order valence-corrected chi connectivity index (χ4v) is 4.86. The minimum atomic E-state index is -5.42. The van der Waals surface area contributed by atoms with Gasteiger partial charge in [-0.05, 0) is 58.0 Å². The highest BCUT2D eigenvalue weighted by molar-refractivity contribution is 6.34. The van der Waals surface area contributed by atoms with Crippen LogP contribution in [0, 0.1) is 11.6 Å². The fraction of sp³-hybridized carbons (Fsp3) is 0.423. The van der Waals surface area contributed by atoms with Gasteiger partial charge in [0.15, 0.2) is 5.60 Å². The zero-order chi connectivity index (χ0) is 30.6. The number of ether oxygens (including phenoxy) is 1. The van der Waals surface area contributed by atoms with Crippen molar-refractivity contribution in [2.45, 2.75) is 69.2 Å². The monoisotopic (exact) mass is 623 g/mol. The van der Waals surface area contributed by atoms with Crippen LogP contribution in [0.5, 0.6) is 0 Å². The van der Waals surface area contributed by atoms with Crippen LogP contribution in [0.1, 0.15) is 51.7 Å². The maximum Gasteiger partial charge on any atom is 0.442 e. The van der Waals surface area contributed by atoms with E-state index in [9.17, 15) is 31.5 Å². The Bertz CT molecular complexity index is 1390. The van der Waals surface area contributed by atoms with Crippen LogP contribution in [0.25, 0.3) is 0 Å². The average Bonchev–Trinajstić information content (AvgIpc) is 3.41. The van der Waals surface area contributed by atoms with Crippen LogP contribution in [0.2, 0.25) is 10.0 Å². The summed E-state index contributed by atoms with van der Waals surface area (Å²) in [5.74, 6) is -4.79. The summed E-state index contributed by atoms with van der Waals surface area (Å²) in [6.07, 6.45) is -7.21. The molecule has 2 aliphatic rings. The number of alkyl halides is 3. The SMILES string of the molecule is CC(C)(C)NC(=O)C1(C)CC(OC(=O)C2(C(F)(F)F)CC(c3cc(F)cc(F)c3)=NO2)(c2cc(Cl)cc(Cl)c2)NO1. The quantitative estimate of drug-likeness (QED) is 0.328. The highest BCUT2D eigenvalue weighted by Crippen LogP contribution is 2.47. The van der Waals surface area contributed by atoms with E-state index < -0.39 is 70.7 Å². The number of hydrogen-bond donors (Lipinski definition) is 2. The maximum atomic E-state index is 14.5. The van der Waals surface area contributed by atoms with Crippen molar-refractivity contribution in [1.29, 1.82) is 0 Å². The number of amides is 1.